The van der Waals surface area contributed by atoms with Crippen molar-refractivity contribution in [3.8, 4) is 11.3 Å². The second-order valence-electron chi connectivity index (χ2n) is 4.85. The van der Waals surface area contributed by atoms with Gasteiger partial charge in [0.05, 0.1) is 22.5 Å². The van der Waals surface area contributed by atoms with Gasteiger partial charge in [-0.15, -0.1) is 0 Å². The highest BCUT2D eigenvalue weighted by molar-refractivity contribution is 6.07. The SMILES string of the molecule is Cc1nn(C)cc1-c1cc(C(=O)NN)c2ccccc2n1. The van der Waals surface area contributed by atoms with Gasteiger partial charge in [-0.2, -0.15) is 5.10 Å². The van der Waals surface area contributed by atoms with Crippen LogP contribution in [-0.4, -0.2) is 20.7 Å². The van der Waals surface area contributed by atoms with Crippen molar-refractivity contribution >= 4 is 16.8 Å². The number of pyridine rings is 1. The number of nitrogen functional groups attached to an aromatic ring is 1. The molecule has 0 saturated carbocycles. The van der Waals surface area contributed by atoms with Crippen molar-refractivity contribution in [2.24, 2.45) is 12.9 Å². The van der Waals surface area contributed by atoms with Gasteiger partial charge in [0, 0.05) is 24.2 Å². The number of rotatable bonds is 2. The molecule has 2 aromatic heterocycles. The normalized spacial score (nSPS) is 10.8. The van der Waals surface area contributed by atoms with Gasteiger partial charge in [0.25, 0.3) is 5.91 Å². The van der Waals surface area contributed by atoms with Crippen molar-refractivity contribution < 1.29 is 4.79 Å². The van der Waals surface area contributed by atoms with Crippen molar-refractivity contribution in [1.29, 1.82) is 0 Å². The van der Waals surface area contributed by atoms with E-state index in [0.29, 0.717) is 11.3 Å². The summed E-state index contributed by atoms with van der Waals surface area (Å²) in [5.74, 6) is 4.94. The quantitative estimate of drug-likeness (QED) is 0.424. The molecule has 3 aromatic rings. The topological polar surface area (TPSA) is 85.8 Å². The number of fused-ring (bicyclic) bond motifs is 1. The zero-order valence-corrected chi connectivity index (χ0v) is 11.8. The molecule has 0 atom stereocenters. The van der Waals surface area contributed by atoms with Crippen LogP contribution in [-0.2, 0) is 7.05 Å². The number of nitrogens with zero attached hydrogens (tertiary/aromatic N) is 3. The van der Waals surface area contributed by atoms with Gasteiger partial charge in [-0.25, -0.2) is 10.8 Å². The molecule has 3 N–H and O–H groups in total. The Morgan fingerprint density at radius 3 is 2.76 bits per heavy atom. The molecule has 21 heavy (non-hydrogen) atoms. The molecule has 0 unspecified atom stereocenters. The van der Waals surface area contributed by atoms with Crippen LogP contribution in [0, 0.1) is 6.92 Å². The smallest absolute Gasteiger partial charge is 0.265 e. The minimum absolute atomic E-state index is 0.337. The summed E-state index contributed by atoms with van der Waals surface area (Å²) in [6.45, 7) is 1.91. The number of benzene rings is 1. The molecule has 0 fully saturated rings. The first-order valence-corrected chi connectivity index (χ1v) is 6.51. The molecule has 6 heteroatoms. The maximum Gasteiger partial charge on any atom is 0.265 e. The molecule has 106 valence electrons. The molecule has 0 aliphatic rings. The average Bonchev–Trinajstić information content (AvgIpc) is 2.84. The van der Waals surface area contributed by atoms with E-state index >= 15 is 0 Å². The second kappa shape index (κ2) is 4.99. The molecule has 1 amide bonds. The van der Waals surface area contributed by atoms with E-state index in [4.69, 9.17) is 5.84 Å². The number of aromatic nitrogens is 3. The van der Waals surface area contributed by atoms with E-state index in [2.05, 4.69) is 15.5 Å². The second-order valence-corrected chi connectivity index (χ2v) is 4.85. The molecule has 1 aromatic carbocycles. The van der Waals surface area contributed by atoms with Crippen LogP contribution in [0.2, 0.25) is 0 Å². The third-order valence-electron chi connectivity index (χ3n) is 3.38. The average molecular weight is 281 g/mol. The Bertz CT molecular complexity index is 837. The largest absolute Gasteiger partial charge is 0.290 e. The molecule has 2 heterocycles. The lowest BCUT2D eigenvalue weighted by molar-refractivity contribution is 0.0955. The fraction of sp³-hybridized carbons (Fsp3) is 0.133. The molecular formula is C15H15N5O. The summed E-state index contributed by atoms with van der Waals surface area (Å²) in [5.41, 5.74) is 5.90. The lowest BCUT2D eigenvalue weighted by atomic mass is 10.0. The van der Waals surface area contributed by atoms with E-state index in [-0.39, 0.29) is 5.91 Å². The van der Waals surface area contributed by atoms with Crippen LogP contribution in [0.15, 0.2) is 36.5 Å². The summed E-state index contributed by atoms with van der Waals surface area (Å²) >= 11 is 0. The summed E-state index contributed by atoms with van der Waals surface area (Å²) in [6.07, 6.45) is 1.89. The predicted octanol–water partition coefficient (Wildman–Crippen LogP) is 1.55. The van der Waals surface area contributed by atoms with Crippen LogP contribution >= 0.6 is 0 Å². The Hall–Kier alpha value is -2.73. The molecule has 0 aliphatic carbocycles. The van der Waals surface area contributed by atoms with Gasteiger partial charge in [-0.3, -0.25) is 14.9 Å². The Labute approximate surface area is 121 Å². The highest BCUT2D eigenvalue weighted by atomic mass is 16.2. The van der Waals surface area contributed by atoms with E-state index in [1.807, 2.05) is 44.4 Å². The number of aryl methyl sites for hydroxylation is 2. The van der Waals surface area contributed by atoms with Gasteiger partial charge < -0.3 is 0 Å². The Kier molecular flexibility index (Phi) is 3.15. The van der Waals surface area contributed by atoms with Crippen molar-refractivity contribution in [3.63, 3.8) is 0 Å². The van der Waals surface area contributed by atoms with E-state index in [0.717, 1.165) is 22.2 Å². The van der Waals surface area contributed by atoms with Crippen LogP contribution < -0.4 is 11.3 Å². The molecule has 3 rings (SSSR count). The van der Waals surface area contributed by atoms with E-state index in [1.165, 1.54) is 0 Å². The summed E-state index contributed by atoms with van der Waals surface area (Å²) in [5, 5.41) is 5.08. The van der Waals surface area contributed by atoms with E-state index in [1.54, 1.807) is 10.7 Å². The maximum atomic E-state index is 12.0. The van der Waals surface area contributed by atoms with E-state index in [9.17, 15) is 4.79 Å². The van der Waals surface area contributed by atoms with Crippen molar-refractivity contribution in [3.05, 3.63) is 47.8 Å². The fourth-order valence-electron chi connectivity index (χ4n) is 2.43. The van der Waals surface area contributed by atoms with Gasteiger partial charge in [0.1, 0.15) is 0 Å². The van der Waals surface area contributed by atoms with Gasteiger partial charge in [-0.05, 0) is 19.1 Å². The van der Waals surface area contributed by atoms with Crippen molar-refractivity contribution in [1.82, 2.24) is 20.2 Å². The summed E-state index contributed by atoms with van der Waals surface area (Å²) in [7, 11) is 1.85. The third kappa shape index (κ3) is 2.25. The lowest BCUT2D eigenvalue weighted by Gasteiger charge is -2.08. The zero-order valence-electron chi connectivity index (χ0n) is 11.8. The molecular weight excluding hydrogens is 266 g/mol. The minimum atomic E-state index is -0.337. The highest BCUT2D eigenvalue weighted by Crippen LogP contribution is 2.26. The zero-order chi connectivity index (χ0) is 15.0. The third-order valence-corrected chi connectivity index (χ3v) is 3.38. The summed E-state index contributed by atoms with van der Waals surface area (Å²) in [4.78, 5) is 16.6. The number of hydrazine groups is 1. The molecule has 0 bridgehead atoms. The van der Waals surface area contributed by atoms with Gasteiger partial charge in [0.2, 0.25) is 0 Å². The molecule has 0 aliphatic heterocycles. The van der Waals surface area contributed by atoms with Crippen molar-refractivity contribution in [2.75, 3.05) is 0 Å². The number of nitrogens with two attached hydrogens (primary N) is 1. The number of hydrogen-bond acceptors (Lipinski definition) is 4. The van der Waals surface area contributed by atoms with Crippen molar-refractivity contribution in [2.45, 2.75) is 6.92 Å². The number of carbonyl (C=O) groups excluding carboxylic acids is 1. The summed E-state index contributed by atoms with van der Waals surface area (Å²) < 4.78 is 1.73. The fourth-order valence-corrected chi connectivity index (χ4v) is 2.43. The van der Waals surface area contributed by atoms with Crippen LogP contribution in [0.5, 0.6) is 0 Å². The first-order valence-electron chi connectivity index (χ1n) is 6.51. The molecule has 6 nitrogen and oxygen atoms in total. The van der Waals surface area contributed by atoms with Crippen LogP contribution in [0.25, 0.3) is 22.2 Å². The molecule has 0 radical (unpaired) electrons. The van der Waals surface area contributed by atoms with E-state index < -0.39 is 0 Å². The standard InChI is InChI=1S/C15H15N5O/c1-9-12(8-20(2)19-9)14-7-11(15(21)18-16)10-5-3-4-6-13(10)17-14/h3-8H,16H2,1-2H3,(H,18,21). The van der Waals surface area contributed by atoms with Crippen LogP contribution in [0.3, 0.4) is 0 Å². The maximum absolute atomic E-state index is 12.0. The lowest BCUT2D eigenvalue weighted by Crippen LogP contribution is -2.30. The number of para-hydroxylation sites is 1. The van der Waals surface area contributed by atoms with Crippen LogP contribution in [0.4, 0.5) is 0 Å². The van der Waals surface area contributed by atoms with Gasteiger partial charge >= 0.3 is 0 Å². The number of hydrogen-bond donors (Lipinski definition) is 2. The summed E-state index contributed by atoms with van der Waals surface area (Å²) in [6, 6.07) is 9.23. The predicted molar refractivity (Wildman–Crippen MR) is 80.3 cm³/mol. The van der Waals surface area contributed by atoms with Gasteiger partial charge in [-0.1, -0.05) is 18.2 Å². The van der Waals surface area contributed by atoms with Crippen LogP contribution in [0.1, 0.15) is 16.1 Å². The Morgan fingerprint density at radius 2 is 2.10 bits per heavy atom. The number of nitrogens with one attached hydrogen (secondary N) is 1. The molecule has 0 spiro atoms. The monoisotopic (exact) mass is 281 g/mol. The first-order chi connectivity index (χ1) is 10.1. The Morgan fingerprint density at radius 1 is 1.33 bits per heavy atom. The number of amides is 1. The van der Waals surface area contributed by atoms with Gasteiger partial charge in [0.15, 0.2) is 0 Å². The first kappa shape index (κ1) is 13.3. The Balaban J connectivity index is 2.30. The molecule has 0 saturated heterocycles. The minimum Gasteiger partial charge on any atom is -0.290 e. The number of carbonyl (C=O) groups is 1. The highest BCUT2D eigenvalue weighted by Gasteiger charge is 2.15.